The summed E-state index contributed by atoms with van der Waals surface area (Å²) in [4.78, 5) is 18.6. The zero-order chi connectivity index (χ0) is 12.3. The summed E-state index contributed by atoms with van der Waals surface area (Å²) in [6.45, 7) is 1.91. The first-order valence-corrected chi connectivity index (χ1v) is 5.59. The second-order valence-corrected chi connectivity index (χ2v) is 4.14. The van der Waals surface area contributed by atoms with E-state index in [4.69, 9.17) is 11.6 Å². The maximum atomic E-state index is 11.8. The Morgan fingerprint density at radius 1 is 1.47 bits per heavy atom. The van der Waals surface area contributed by atoms with Crippen molar-refractivity contribution in [2.75, 3.05) is 0 Å². The van der Waals surface area contributed by atoms with Crippen molar-refractivity contribution in [3.8, 4) is 0 Å². The number of carbonyl (C=O) groups excluding carboxylic acids is 1. The number of carbonyl (C=O) groups is 1. The molecule has 2 heterocycles. The van der Waals surface area contributed by atoms with Crippen LogP contribution < -0.4 is 5.32 Å². The summed E-state index contributed by atoms with van der Waals surface area (Å²) < 4.78 is 0. The maximum Gasteiger partial charge on any atom is 0.268 e. The first-order chi connectivity index (χ1) is 8.16. The van der Waals surface area contributed by atoms with Gasteiger partial charge in [0.25, 0.3) is 5.91 Å². The second kappa shape index (κ2) is 5.01. The van der Waals surface area contributed by atoms with Crippen LogP contribution in [0.3, 0.4) is 0 Å². The number of halogens is 1. The topological polar surface area (TPSA) is 57.8 Å². The third-order valence-corrected chi connectivity index (χ3v) is 2.66. The van der Waals surface area contributed by atoms with Crippen LogP contribution in [0.2, 0.25) is 5.02 Å². The molecule has 1 atom stereocenters. The van der Waals surface area contributed by atoms with E-state index in [1.807, 2.05) is 19.1 Å². The van der Waals surface area contributed by atoms with E-state index in [1.54, 1.807) is 24.7 Å². The van der Waals surface area contributed by atoms with Crippen molar-refractivity contribution in [2.45, 2.75) is 13.0 Å². The molecule has 2 aromatic rings. The minimum atomic E-state index is -0.179. The number of hydrogen-bond donors (Lipinski definition) is 2. The fourth-order valence-electron chi connectivity index (χ4n) is 1.51. The molecule has 0 spiro atoms. The minimum absolute atomic E-state index is 0.0763. The highest BCUT2D eigenvalue weighted by Crippen LogP contribution is 2.13. The van der Waals surface area contributed by atoms with Gasteiger partial charge in [0, 0.05) is 18.6 Å². The summed E-state index contributed by atoms with van der Waals surface area (Å²) in [5.41, 5.74) is 1.46. The molecular weight excluding hydrogens is 238 g/mol. The van der Waals surface area contributed by atoms with E-state index in [-0.39, 0.29) is 11.9 Å². The van der Waals surface area contributed by atoms with Crippen LogP contribution in [0.1, 0.15) is 29.0 Å². The molecule has 4 nitrogen and oxygen atoms in total. The largest absolute Gasteiger partial charge is 0.356 e. The molecule has 0 bridgehead atoms. The van der Waals surface area contributed by atoms with Gasteiger partial charge in [-0.3, -0.25) is 9.78 Å². The molecule has 1 amide bonds. The molecule has 0 radical (unpaired) electrons. The molecule has 17 heavy (non-hydrogen) atoms. The van der Waals surface area contributed by atoms with E-state index in [2.05, 4.69) is 15.3 Å². The Balaban J connectivity index is 2.04. The van der Waals surface area contributed by atoms with Crippen molar-refractivity contribution >= 4 is 17.5 Å². The Hall–Kier alpha value is -1.81. The van der Waals surface area contributed by atoms with Crippen LogP contribution in [-0.4, -0.2) is 15.9 Å². The third-order valence-electron chi connectivity index (χ3n) is 2.45. The van der Waals surface area contributed by atoms with Gasteiger partial charge in [0.05, 0.1) is 11.1 Å². The Bertz CT molecular complexity index is 509. The van der Waals surface area contributed by atoms with Gasteiger partial charge < -0.3 is 10.3 Å². The molecule has 1 unspecified atom stereocenters. The number of nitrogens with one attached hydrogen (secondary N) is 2. The van der Waals surface area contributed by atoms with Crippen molar-refractivity contribution in [1.29, 1.82) is 0 Å². The lowest BCUT2D eigenvalue weighted by Crippen LogP contribution is -2.26. The predicted octanol–water partition coefficient (Wildman–Crippen LogP) is 2.55. The van der Waals surface area contributed by atoms with Crippen molar-refractivity contribution in [1.82, 2.24) is 15.3 Å². The third kappa shape index (κ3) is 2.85. The highest BCUT2D eigenvalue weighted by molar-refractivity contribution is 6.30. The molecular formula is C12H12ClN3O. The summed E-state index contributed by atoms with van der Waals surface area (Å²) in [7, 11) is 0. The molecule has 0 saturated carbocycles. The van der Waals surface area contributed by atoms with Gasteiger partial charge in [0.1, 0.15) is 5.69 Å². The number of rotatable bonds is 3. The van der Waals surface area contributed by atoms with E-state index in [0.29, 0.717) is 10.7 Å². The fraction of sp³-hybridized carbons (Fsp3) is 0.167. The molecule has 0 aliphatic heterocycles. The number of aromatic nitrogens is 2. The van der Waals surface area contributed by atoms with E-state index in [9.17, 15) is 4.79 Å². The number of nitrogens with zero attached hydrogens (tertiary/aromatic N) is 1. The SMILES string of the molecule is CC(NC(=O)c1cc(Cl)c[nH]1)c1ccncc1. The predicted molar refractivity (Wildman–Crippen MR) is 65.9 cm³/mol. The van der Waals surface area contributed by atoms with Gasteiger partial charge in [0.2, 0.25) is 0 Å². The smallest absolute Gasteiger partial charge is 0.268 e. The van der Waals surface area contributed by atoms with Crippen LogP contribution in [0, 0.1) is 0 Å². The molecule has 0 aliphatic carbocycles. The van der Waals surface area contributed by atoms with E-state index in [0.717, 1.165) is 5.56 Å². The Labute approximate surface area is 104 Å². The monoisotopic (exact) mass is 249 g/mol. The molecule has 88 valence electrons. The first kappa shape index (κ1) is 11.7. The lowest BCUT2D eigenvalue weighted by Gasteiger charge is -2.13. The summed E-state index contributed by atoms with van der Waals surface area (Å²) >= 11 is 5.74. The van der Waals surface area contributed by atoms with Gasteiger partial charge in [-0.15, -0.1) is 0 Å². The van der Waals surface area contributed by atoms with Gasteiger partial charge in [0.15, 0.2) is 0 Å². The van der Waals surface area contributed by atoms with E-state index < -0.39 is 0 Å². The number of amides is 1. The van der Waals surface area contributed by atoms with Crippen molar-refractivity contribution < 1.29 is 4.79 Å². The molecule has 2 rings (SSSR count). The zero-order valence-electron chi connectivity index (χ0n) is 9.27. The van der Waals surface area contributed by atoms with Crippen LogP contribution in [0.4, 0.5) is 0 Å². The zero-order valence-corrected chi connectivity index (χ0v) is 10.0. The highest BCUT2D eigenvalue weighted by atomic mass is 35.5. The Kier molecular flexibility index (Phi) is 3.44. The number of hydrogen-bond acceptors (Lipinski definition) is 2. The summed E-state index contributed by atoms with van der Waals surface area (Å²) in [6.07, 6.45) is 4.97. The van der Waals surface area contributed by atoms with E-state index in [1.165, 1.54) is 0 Å². The van der Waals surface area contributed by atoms with Gasteiger partial charge in [-0.2, -0.15) is 0 Å². The minimum Gasteiger partial charge on any atom is -0.356 e. The number of pyridine rings is 1. The van der Waals surface area contributed by atoms with Crippen LogP contribution in [-0.2, 0) is 0 Å². The summed E-state index contributed by atoms with van der Waals surface area (Å²) in [6, 6.07) is 5.25. The van der Waals surface area contributed by atoms with Crippen LogP contribution in [0.25, 0.3) is 0 Å². The number of aromatic amines is 1. The average Bonchev–Trinajstić information content (AvgIpc) is 2.77. The standard InChI is InChI=1S/C12H12ClN3O/c1-8(9-2-4-14-5-3-9)16-12(17)11-6-10(13)7-15-11/h2-8,15H,1H3,(H,16,17). The average molecular weight is 250 g/mol. The molecule has 0 saturated heterocycles. The van der Waals surface area contributed by atoms with Gasteiger partial charge >= 0.3 is 0 Å². The Morgan fingerprint density at radius 2 is 2.18 bits per heavy atom. The molecule has 0 fully saturated rings. The van der Waals surface area contributed by atoms with Crippen molar-refractivity contribution in [3.63, 3.8) is 0 Å². The molecule has 2 aromatic heterocycles. The normalized spacial score (nSPS) is 12.1. The van der Waals surface area contributed by atoms with E-state index >= 15 is 0 Å². The quantitative estimate of drug-likeness (QED) is 0.878. The Morgan fingerprint density at radius 3 is 2.76 bits per heavy atom. The first-order valence-electron chi connectivity index (χ1n) is 5.21. The highest BCUT2D eigenvalue weighted by Gasteiger charge is 2.12. The van der Waals surface area contributed by atoms with Gasteiger partial charge in [-0.05, 0) is 30.7 Å². The molecule has 5 heteroatoms. The lowest BCUT2D eigenvalue weighted by molar-refractivity contribution is 0.0935. The summed E-state index contributed by atoms with van der Waals surface area (Å²) in [5, 5.41) is 3.39. The molecule has 2 N–H and O–H groups in total. The van der Waals surface area contributed by atoms with Crippen molar-refractivity contribution in [3.05, 3.63) is 53.1 Å². The maximum absolute atomic E-state index is 11.8. The van der Waals surface area contributed by atoms with Crippen LogP contribution >= 0.6 is 11.6 Å². The van der Waals surface area contributed by atoms with Gasteiger partial charge in [-0.25, -0.2) is 0 Å². The molecule has 0 aliphatic rings. The number of H-pyrrole nitrogens is 1. The second-order valence-electron chi connectivity index (χ2n) is 3.71. The lowest BCUT2D eigenvalue weighted by atomic mass is 10.1. The molecule has 0 aromatic carbocycles. The fourth-order valence-corrected chi connectivity index (χ4v) is 1.67. The van der Waals surface area contributed by atoms with Crippen LogP contribution in [0.5, 0.6) is 0 Å². The van der Waals surface area contributed by atoms with Crippen LogP contribution in [0.15, 0.2) is 36.8 Å². The van der Waals surface area contributed by atoms with Crippen molar-refractivity contribution in [2.24, 2.45) is 0 Å². The summed E-state index contributed by atoms with van der Waals surface area (Å²) in [5.74, 6) is -0.179. The van der Waals surface area contributed by atoms with Gasteiger partial charge in [-0.1, -0.05) is 11.6 Å².